The quantitative estimate of drug-likeness (QED) is 0.676. The van der Waals surface area contributed by atoms with Crippen molar-refractivity contribution in [2.24, 2.45) is 5.92 Å². The third-order valence-electron chi connectivity index (χ3n) is 3.42. The molecule has 120 valence electrons. The second kappa shape index (κ2) is 10.6. The molecule has 0 unspecified atom stereocenters. The molecular formula is C17H32N4. The number of nitrogens with zero attached hydrogens (tertiary/aromatic N) is 3. The first-order valence-electron chi connectivity index (χ1n) is 8.43. The summed E-state index contributed by atoms with van der Waals surface area (Å²) < 4.78 is 0. The van der Waals surface area contributed by atoms with Gasteiger partial charge in [0.25, 0.3) is 0 Å². The van der Waals surface area contributed by atoms with Crippen molar-refractivity contribution in [2.75, 3.05) is 24.5 Å². The van der Waals surface area contributed by atoms with Gasteiger partial charge in [-0.2, -0.15) is 0 Å². The van der Waals surface area contributed by atoms with Gasteiger partial charge in [0.1, 0.15) is 5.82 Å². The van der Waals surface area contributed by atoms with Crippen LogP contribution in [0.4, 0.5) is 5.82 Å². The molecular weight excluding hydrogens is 260 g/mol. The number of hydrogen-bond donors (Lipinski definition) is 1. The summed E-state index contributed by atoms with van der Waals surface area (Å²) in [5.74, 6) is 1.69. The van der Waals surface area contributed by atoms with E-state index in [1.54, 1.807) is 0 Å². The number of nitrogens with one attached hydrogen (secondary N) is 1. The Morgan fingerprint density at radius 3 is 2.33 bits per heavy atom. The van der Waals surface area contributed by atoms with E-state index in [9.17, 15) is 0 Å². The molecule has 0 aromatic carbocycles. The highest BCUT2D eigenvalue weighted by Crippen LogP contribution is 2.12. The van der Waals surface area contributed by atoms with Crippen molar-refractivity contribution in [3.8, 4) is 0 Å². The van der Waals surface area contributed by atoms with Gasteiger partial charge in [-0.3, -0.25) is 4.98 Å². The standard InChI is InChI=1S/C17H32N4/c1-5-7-9-21(10-8-6-2)17-14-19-13-16(20-17)12-18-11-15(3)4/h13-15,18H,5-12H2,1-4H3. The highest BCUT2D eigenvalue weighted by Gasteiger charge is 2.08. The molecule has 4 heteroatoms. The van der Waals surface area contributed by atoms with Gasteiger partial charge >= 0.3 is 0 Å². The molecule has 1 rings (SSSR count). The average Bonchev–Trinajstić information content (AvgIpc) is 2.47. The third-order valence-corrected chi connectivity index (χ3v) is 3.42. The van der Waals surface area contributed by atoms with Crippen LogP contribution >= 0.6 is 0 Å². The fraction of sp³-hybridized carbons (Fsp3) is 0.765. The maximum Gasteiger partial charge on any atom is 0.147 e. The summed E-state index contributed by atoms with van der Waals surface area (Å²) in [5.41, 5.74) is 1.03. The molecule has 0 bridgehead atoms. The molecule has 1 aromatic heterocycles. The topological polar surface area (TPSA) is 41.1 Å². The number of anilines is 1. The highest BCUT2D eigenvalue weighted by atomic mass is 15.2. The van der Waals surface area contributed by atoms with Crippen molar-refractivity contribution in [3.05, 3.63) is 18.1 Å². The molecule has 0 fully saturated rings. The fourth-order valence-electron chi connectivity index (χ4n) is 2.16. The lowest BCUT2D eigenvalue weighted by Crippen LogP contribution is -2.27. The Morgan fingerprint density at radius 1 is 1.10 bits per heavy atom. The van der Waals surface area contributed by atoms with E-state index in [4.69, 9.17) is 4.98 Å². The van der Waals surface area contributed by atoms with Gasteiger partial charge in [0.2, 0.25) is 0 Å². The molecule has 0 amide bonds. The molecule has 1 N–H and O–H groups in total. The summed E-state index contributed by atoms with van der Waals surface area (Å²) in [6.07, 6.45) is 8.62. The fourth-order valence-corrected chi connectivity index (χ4v) is 2.16. The Kier molecular flexibility index (Phi) is 8.99. The number of aromatic nitrogens is 2. The Labute approximate surface area is 130 Å². The van der Waals surface area contributed by atoms with Crippen molar-refractivity contribution < 1.29 is 0 Å². The van der Waals surface area contributed by atoms with Crippen LogP contribution in [-0.2, 0) is 6.54 Å². The van der Waals surface area contributed by atoms with Crippen LogP contribution in [0.2, 0.25) is 0 Å². The van der Waals surface area contributed by atoms with Crippen molar-refractivity contribution >= 4 is 5.82 Å². The van der Waals surface area contributed by atoms with Gasteiger partial charge < -0.3 is 10.2 Å². The lowest BCUT2D eigenvalue weighted by atomic mass is 10.2. The van der Waals surface area contributed by atoms with Crippen LogP contribution in [0.5, 0.6) is 0 Å². The predicted octanol–water partition coefficient (Wildman–Crippen LogP) is 3.63. The minimum atomic E-state index is 0.659. The molecule has 0 aliphatic carbocycles. The van der Waals surface area contributed by atoms with Gasteiger partial charge in [0.15, 0.2) is 0 Å². The van der Waals surface area contributed by atoms with Gasteiger partial charge in [-0.05, 0) is 25.3 Å². The summed E-state index contributed by atoms with van der Waals surface area (Å²) in [6, 6.07) is 0. The van der Waals surface area contributed by atoms with Gasteiger partial charge in [-0.1, -0.05) is 40.5 Å². The Morgan fingerprint density at radius 2 is 1.76 bits per heavy atom. The van der Waals surface area contributed by atoms with Crippen LogP contribution in [0.3, 0.4) is 0 Å². The zero-order valence-corrected chi connectivity index (χ0v) is 14.2. The average molecular weight is 292 g/mol. The maximum absolute atomic E-state index is 4.78. The first kappa shape index (κ1) is 17.9. The summed E-state index contributed by atoms with van der Waals surface area (Å²) in [4.78, 5) is 11.5. The van der Waals surface area contributed by atoms with Crippen molar-refractivity contribution in [3.63, 3.8) is 0 Å². The molecule has 1 aromatic rings. The number of unbranched alkanes of at least 4 members (excludes halogenated alkanes) is 2. The first-order valence-corrected chi connectivity index (χ1v) is 8.43. The van der Waals surface area contributed by atoms with Crippen molar-refractivity contribution in [1.82, 2.24) is 15.3 Å². The minimum absolute atomic E-state index is 0.659. The van der Waals surface area contributed by atoms with Gasteiger partial charge in [-0.15, -0.1) is 0 Å². The van der Waals surface area contributed by atoms with E-state index in [2.05, 4.69) is 42.9 Å². The second-order valence-corrected chi connectivity index (χ2v) is 6.09. The molecule has 0 saturated carbocycles. The van der Waals surface area contributed by atoms with Crippen LogP contribution in [0.15, 0.2) is 12.4 Å². The number of hydrogen-bond acceptors (Lipinski definition) is 4. The van der Waals surface area contributed by atoms with E-state index >= 15 is 0 Å². The Bertz CT molecular complexity index is 371. The molecule has 0 saturated heterocycles. The van der Waals surface area contributed by atoms with Crippen LogP contribution < -0.4 is 10.2 Å². The molecule has 0 radical (unpaired) electrons. The normalized spacial score (nSPS) is 11.1. The highest BCUT2D eigenvalue weighted by molar-refractivity contribution is 5.36. The Hall–Kier alpha value is -1.16. The van der Waals surface area contributed by atoms with Crippen LogP contribution in [0.1, 0.15) is 59.1 Å². The molecule has 0 atom stereocenters. The molecule has 0 aliphatic heterocycles. The second-order valence-electron chi connectivity index (χ2n) is 6.09. The molecule has 0 spiro atoms. The first-order chi connectivity index (χ1) is 10.2. The van der Waals surface area contributed by atoms with Gasteiger partial charge in [-0.25, -0.2) is 4.98 Å². The van der Waals surface area contributed by atoms with E-state index in [1.807, 2.05) is 12.4 Å². The van der Waals surface area contributed by atoms with Crippen LogP contribution in [0, 0.1) is 5.92 Å². The van der Waals surface area contributed by atoms with Crippen LogP contribution in [0.25, 0.3) is 0 Å². The Balaban J connectivity index is 2.64. The zero-order chi connectivity index (χ0) is 15.5. The van der Waals surface area contributed by atoms with E-state index in [0.29, 0.717) is 5.92 Å². The van der Waals surface area contributed by atoms with E-state index in [-0.39, 0.29) is 0 Å². The van der Waals surface area contributed by atoms with Gasteiger partial charge in [0.05, 0.1) is 11.9 Å². The molecule has 0 aliphatic rings. The third kappa shape index (κ3) is 7.42. The number of rotatable bonds is 11. The monoisotopic (exact) mass is 292 g/mol. The maximum atomic E-state index is 4.78. The lowest BCUT2D eigenvalue weighted by Gasteiger charge is -2.23. The van der Waals surface area contributed by atoms with Gasteiger partial charge in [0, 0.05) is 25.8 Å². The summed E-state index contributed by atoms with van der Waals surface area (Å²) in [5, 5.41) is 3.43. The predicted molar refractivity (Wildman–Crippen MR) is 90.6 cm³/mol. The lowest BCUT2D eigenvalue weighted by molar-refractivity contribution is 0.547. The SMILES string of the molecule is CCCCN(CCCC)c1cncc(CNCC(C)C)n1. The molecule has 1 heterocycles. The molecule has 21 heavy (non-hydrogen) atoms. The molecule has 4 nitrogen and oxygen atoms in total. The zero-order valence-electron chi connectivity index (χ0n) is 14.2. The van der Waals surface area contributed by atoms with Crippen LogP contribution in [-0.4, -0.2) is 29.6 Å². The summed E-state index contributed by atoms with van der Waals surface area (Å²) in [6.45, 7) is 12.9. The van der Waals surface area contributed by atoms with Crippen molar-refractivity contribution in [2.45, 2.75) is 59.9 Å². The largest absolute Gasteiger partial charge is 0.355 e. The van der Waals surface area contributed by atoms with E-state index < -0.39 is 0 Å². The minimum Gasteiger partial charge on any atom is -0.355 e. The smallest absolute Gasteiger partial charge is 0.147 e. The van der Waals surface area contributed by atoms with E-state index in [1.165, 1.54) is 25.7 Å². The van der Waals surface area contributed by atoms with Crippen molar-refractivity contribution in [1.29, 1.82) is 0 Å². The summed E-state index contributed by atoms with van der Waals surface area (Å²) >= 11 is 0. The summed E-state index contributed by atoms with van der Waals surface area (Å²) in [7, 11) is 0. The van der Waals surface area contributed by atoms with E-state index in [0.717, 1.165) is 37.7 Å².